The maximum absolute atomic E-state index is 13.3. The molecule has 1 aromatic carbocycles. The number of fused-ring (bicyclic) bond motifs is 1. The Balaban J connectivity index is 1.49. The van der Waals surface area contributed by atoms with Crippen LogP contribution < -0.4 is 4.74 Å². The highest BCUT2D eigenvalue weighted by Crippen LogP contribution is 2.58. The summed E-state index contributed by atoms with van der Waals surface area (Å²) in [7, 11) is 1.51. The average molecular weight is 450 g/mol. The number of aromatic nitrogens is 5. The molecule has 5 rings (SSSR count). The van der Waals surface area contributed by atoms with E-state index in [2.05, 4.69) is 26.3 Å². The van der Waals surface area contributed by atoms with Gasteiger partial charge in [-0.1, -0.05) is 12.1 Å². The zero-order chi connectivity index (χ0) is 23.2. The van der Waals surface area contributed by atoms with Crippen molar-refractivity contribution in [3.05, 3.63) is 54.6 Å². The highest BCUT2D eigenvalue weighted by molar-refractivity contribution is 5.86. The quantitative estimate of drug-likeness (QED) is 0.435. The fraction of sp³-hybridized carbons (Fsp3) is 0.261. The van der Waals surface area contributed by atoms with Gasteiger partial charge in [-0.25, -0.2) is 4.98 Å². The summed E-state index contributed by atoms with van der Waals surface area (Å²) in [6.45, 7) is -0.208. The van der Waals surface area contributed by atoms with E-state index in [1.807, 2.05) is 12.1 Å². The molecule has 166 valence electrons. The second-order valence-corrected chi connectivity index (χ2v) is 8.10. The molecule has 1 aliphatic rings. The number of ether oxygens (including phenoxy) is 1. The van der Waals surface area contributed by atoms with Gasteiger partial charge in [0.1, 0.15) is 11.8 Å². The van der Waals surface area contributed by atoms with Crippen LogP contribution in [0.2, 0.25) is 0 Å². The number of nitriles is 1. The van der Waals surface area contributed by atoms with Gasteiger partial charge in [0, 0.05) is 40.5 Å². The van der Waals surface area contributed by atoms with Crippen LogP contribution in [0.15, 0.2) is 48.9 Å². The van der Waals surface area contributed by atoms with Crippen molar-refractivity contribution in [1.29, 1.82) is 5.26 Å². The Bertz CT molecular complexity index is 1400. The van der Waals surface area contributed by atoms with Crippen molar-refractivity contribution in [3.63, 3.8) is 0 Å². The molecule has 0 atom stereocenters. The molecule has 3 heterocycles. The van der Waals surface area contributed by atoms with Crippen LogP contribution in [0.4, 0.5) is 13.2 Å². The number of alkyl halides is 3. The van der Waals surface area contributed by atoms with E-state index in [0.29, 0.717) is 33.7 Å². The third-order valence-corrected chi connectivity index (χ3v) is 5.97. The summed E-state index contributed by atoms with van der Waals surface area (Å²) >= 11 is 0. The molecular formula is C23H17F3N6O. The Hall–Kier alpha value is -4.00. The lowest BCUT2D eigenvalue weighted by Gasteiger charge is -2.18. The van der Waals surface area contributed by atoms with Gasteiger partial charge >= 0.3 is 6.18 Å². The first-order valence-electron chi connectivity index (χ1n) is 10.1. The molecule has 7 nitrogen and oxygen atoms in total. The van der Waals surface area contributed by atoms with Gasteiger partial charge in [0.15, 0.2) is 0 Å². The Morgan fingerprint density at radius 3 is 2.61 bits per heavy atom. The number of methoxy groups -OCH3 is 1. The number of benzene rings is 1. The number of rotatable bonds is 5. The van der Waals surface area contributed by atoms with E-state index in [-0.39, 0.29) is 25.1 Å². The number of hydrogen-bond donors (Lipinski definition) is 0. The molecule has 0 saturated heterocycles. The van der Waals surface area contributed by atoms with Crippen LogP contribution in [0, 0.1) is 16.7 Å². The van der Waals surface area contributed by atoms with Gasteiger partial charge in [-0.05, 0) is 30.5 Å². The molecule has 10 heteroatoms. The smallest absolute Gasteiger partial charge is 0.396 e. The maximum atomic E-state index is 13.3. The van der Waals surface area contributed by atoms with E-state index in [4.69, 9.17) is 4.74 Å². The molecule has 33 heavy (non-hydrogen) atoms. The Morgan fingerprint density at radius 2 is 1.91 bits per heavy atom. The molecule has 0 bridgehead atoms. The molecule has 1 saturated carbocycles. The zero-order valence-electron chi connectivity index (χ0n) is 17.5. The second kappa shape index (κ2) is 7.55. The normalized spacial score (nSPS) is 14.8. The van der Waals surface area contributed by atoms with Gasteiger partial charge < -0.3 is 4.74 Å². The molecule has 3 aromatic heterocycles. The average Bonchev–Trinajstić information content (AvgIpc) is 3.47. The lowest BCUT2D eigenvalue weighted by atomic mass is 9.99. The summed E-state index contributed by atoms with van der Waals surface area (Å²) in [6.07, 6.45) is 0.598. The largest absolute Gasteiger partial charge is 0.480 e. The summed E-state index contributed by atoms with van der Waals surface area (Å²) in [4.78, 5) is 4.26. The predicted molar refractivity (Wildman–Crippen MR) is 113 cm³/mol. The van der Waals surface area contributed by atoms with Crippen LogP contribution in [-0.4, -0.2) is 38.2 Å². The van der Waals surface area contributed by atoms with Gasteiger partial charge in [-0.3, -0.25) is 4.68 Å². The summed E-state index contributed by atoms with van der Waals surface area (Å²) in [5.41, 5.74) is 1.73. The van der Waals surface area contributed by atoms with Crippen LogP contribution in [0.3, 0.4) is 0 Å². The SMILES string of the molecule is COc1cc2ccc(-c3cc(-c4cnn(CC5(C(F)(F)F)CC5)c4)cnc3C#N)cc2nn1. The van der Waals surface area contributed by atoms with Gasteiger partial charge in [0.2, 0.25) is 5.88 Å². The molecule has 0 aliphatic heterocycles. The predicted octanol–water partition coefficient (Wildman–Crippen LogP) is 4.78. The van der Waals surface area contributed by atoms with Crippen molar-refractivity contribution >= 4 is 10.9 Å². The molecule has 1 fully saturated rings. The summed E-state index contributed by atoms with van der Waals surface area (Å²) < 4.78 is 46.3. The molecule has 4 aromatic rings. The summed E-state index contributed by atoms with van der Waals surface area (Å²) in [5, 5.41) is 22.6. The minimum absolute atomic E-state index is 0.116. The Labute approximate surface area is 186 Å². The van der Waals surface area contributed by atoms with Crippen LogP contribution in [-0.2, 0) is 6.54 Å². The summed E-state index contributed by atoms with van der Waals surface area (Å²) in [6, 6.07) is 11.1. The number of nitrogens with zero attached hydrogens (tertiary/aromatic N) is 6. The topological polar surface area (TPSA) is 89.5 Å². The van der Waals surface area contributed by atoms with E-state index >= 15 is 0 Å². The van der Waals surface area contributed by atoms with Crippen LogP contribution >= 0.6 is 0 Å². The molecule has 0 radical (unpaired) electrons. The Morgan fingerprint density at radius 1 is 1.09 bits per heavy atom. The highest BCUT2D eigenvalue weighted by Gasteiger charge is 2.63. The highest BCUT2D eigenvalue weighted by atomic mass is 19.4. The number of pyridine rings is 1. The van der Waals surface area contributed by atoms with Crippen LogP contribution in [0.25, 0.3) is 33.2 Å². The van der Waals surface area contributed by atoms with Crippen molar-refractivity contribution in [2.24, 2.45) is 5.41 Å². The number of hydrogen-bond acceptors (Lipinski definition) is 6. The third kappa shape index (κ3) is 3.75. The van der Waals surface area contributed by atoms with E-state index in [1.165, 1.54) is 24.2 Å². The minimum atomic E-state index is -4.24. The van der Waals surface area contributed by atoms with E-state index in [0.717, 1.165) is 5.39 Å². The van der Waals surface area contributed by atoms with E-state index in [9.17, 15) is 18.4 Å². The van der Waals surface area contributed by atoms with E-state index in [1.54, 1.807) is 24.4 Å². The first kappa shape index (κ1) is 20.9. The second-order valence-electron chi connectivity index (χ2n) is 8.10. The van der Waals surface area contributed by atoms with Crippen molar-refractivity contribution in [3.8, 4) is 34.2 Å². The van der Waals surface area contributed by atoms with Crippen molar-refractivity contribution in [1.82, 2.24) is 25.0 Å². The van der Waals surface area contributed by atoms with E-state index < -0.39 is 11.6 Å². The standard InChI is InChI=1S/C23H17F3N6O/c1-33-21-8-15-3-2-14(7-19(15)30-31-21)18-6-16(10-28-20(18)9-27)17-11-29-32(12-17)13-22(4-5-22)23(24,25)26/h2-3,6-8,10-12H,4-5,13H2,1H3. The fourth-order valence-electron chi connectivity index (χ4n) is 3.81. The maximum Gasteiger partial charge on any atom is 0.396 e. The van der Waals surface area contributed by atoms with Gasteiger partial charge in [0.05, 0.1) is 30.8 Å². The fourth-order valence-corrected chi connectivity index (χ4v) is 3.81. The van der Waals surface area contributed by atoms with Crippen LogP contribution in [0.5, 0.6) is 5.88 Å². The molecule has 1 aliphatic carbocycles. The molecular weight excluding hydrogens is 433 g/mol. The summed E-state index contributed by atoms with van der Waals surface area (Å²) in [5.74, 6) is 0.396. The molecule has 0 amide bonds. The van der Waals surface area contributed by atoms with Gasteiger partial charge in [-0.2, -0.15) is 23.5 Å². The third-order valence-electron chi connectivity index (χ3n) is 5.97. The number of halogens is 3. The van der Waals surface area contributed by atoms with Crippen molar-refractivity contribution in [2.75, 3.05) is 7.11 Å². The monoisotopic (exact) mass is 450 g/mol. The first-order valence-corrected chi connectivity index (χ1v) is 10.1. The zero-order valence-corrected chi connectivity index (χ0v) is 17.5. The van der Waals surface area contributed by atoms with Gasteiger partial charge in [0.25, 0.3) is 0 Å². The lowest BCUT2D eigenvalue weighted by Crippen LogP contribution is -2.29. The minimum Gasteiger partial charge on any atom is -0.480 e. The lowest BCUT2D eigenvalue weighted by molar-refractivity contribution is -0.191. The van der Waals surface area contributed by atoms with Crippen molar-refractivity contribution < 1.29 is 17.9 Å². The van der Waals surface area contributed by atoms with Crippen molar-refractivity contribution in [2.45, 2.75) is 25.6 Å². The Kier molecular flexibility index (Phi) is 4.78. The molecule has 0 spiro atoms. The van der Waals surface area contributed by atoms with Crippen LogP contribution in [0.1, 0.15) is 18.5 Å². The molecule has 0 unspecified atom stereocenters. The molecule has 0 N–H and O–H groups in total. The van der Waals surface area contributed by atoms with Gasteiger partial charge in [-0.15, -0.1) is 10.2 Å². The first-order chi connectivity index (χ1) is 15.8.